The summed E-state index contributed by atoms with van der Waals surface area (Å²) in [7, 11) is 0. The molecule has 0 radical (unpaired) electrons. The Labute approximate surface area is 119 Å². The van der Waals surface area contributed by atoms with Gasteiger partial charge in [0, 0.05) is 12.1 Å². The molecule has 2 heterocycles. The number of nitrogens with one attached hydrogen (secondary N) is 1. The van der Waals surface area contributed by atoms with Crippen molar-refractivity contribution >= 4 is 0 Å². The average Bonchev–Trinajstić information content (AvgIpc) is 2.93. The van der Waals surface area contributed by atoms with E-state index in [-0.39, 0.29) is 0 Å². The zero-order chi connectivity index (χ0) is 13.5. The van der Waals surface area contributed by atoms with Crippen LogP contribution in [0, 0.1) is 0 Å². The molecule has 2 aliphatic heterocycles. The van der Waals surface area contributed by atoms with E-state index >= 15 is 0 Å². The molecule has 3 heteroatoms. The van der Waals surface area contributed by atoms with Crippen LogP contribution in [0.2, 0.25) is 0 Å². The fraction of sp³-hybridized carbons (Fsp3) is 1.00. The molecule has 0 aromatic carbocycles. The van der Waals surface area contributed by atoms with Gasteiger partial charge in [-0.3, -0.25) is 4.90 Å². The smallest absolute Gasteiger partial charge is 0.0246 e. The van der Waals surface area contributed by atoms with Crippen LogP contribution in [0.5, 0.6) is 0 Å². The Morgan fingerprint density at radius 2 is 1.79 bits per heavy atom. The second-order valence-electron chi connectivity index (χ2n) is 6.35. The maximum atomic E-state index is 3.62. The van der Waals surface area contributed by atoms with Crippen LogP contribution in [0.4, 0.5) is 0 Å². The van der Waals surface area contributed by atoms with Gasteiger partial charge >= 0.3 is 0 Å². The van der Waals surface area contributed by atoms with Gasteiger partial charge in [-0.1, -0.05) is 13.3 Å². The molecule has 112 valence electrons. The second kappa shape index (κ2) is 8.23. The third-order valence-electron chi connectivity index (χ3n) is 4.89. The van der Waals surface area contributed by atoms with Crippen molar-refractivity contribution in [3.05, 3.63) is 0 Å². The van der Waals surface area contributed by atoms with Crippen molar-refractivity contribution < 1.29 is 0 Å². The molecular formula is C16H33N3. The third kappa shape index (κ3) is 4.73. The number of hydrogen-bond acceptors (Lipinski definition) is 3. The molecule has 2 atom stereocenters. The van der Waals surface area contributed by atoms with Crippen LogP contribution in [0.1, 0.15) is 52.4 Å². The van der Waals surface area contributed by atoms with Gasteiger partial charge in [-0.25, -0.2) is 0 Å². The number of nitrogens with zero attached hydrogens (tertiary/aromatic N) is 2. The molecule has 0 aliphatic carbocycles. The molecule has 0 saturated carbocycles. The molecule has 2 fully saturated rings. The Morgan fingerprint density at radius 1 is 1.05 bits per heavy atom. The highest BCUT2D eigenvalue weighted by Crippen LogP contribution is 2.20. The molecule has 0 aromatic heterocycles. The lowest BCUT2D eigenvalue weighted by Gasteiger charge is -2.39. The quantitative estimate of drug-likeness (QED) is 0.764. The van der Waals surface area contributed by atoms with Gasteiger partial charge < -0.3 is 10.2 Å². The van der Waals surface area contributed by atoms with Crippen molar-refractivity contribution in [2.45, 2.75) is 64.5 Å². The van der Waals surface area contributed by atoms with Crippen molar-refractivity contribution in [1.82, 2.24) is 15.1 Å². The number of piperidine rings is 1. The minimum absolute atomic E-state index is 0.650. The van der Waals surface area contributed by atoms with Crippen LogP contribution < -0.4 is 5.32 Å². The second-order valence-corrected chi connectivity index (χ2v) is 6.35. The van der Waals surface area contributed by atoms with Gasteiger partial charge in [0.2, 0.25) is 0 Å². The maximum Gasteiger partial charge on any atom is 0.0246 e. The Morgan fingerprint density at radius 3 is 2.53 bits per heavy atom. The molecule has 3 nitrogen and oxygen atoms in total. The Bertz CT molecular complexity index is 238. The highest BCUT2D eigenvalue weighted by Gasteiger charge is 2.26. The standard InChI is InChI=1S/C16H33N3/c1-3-17-15(2)16-9-4-5-13-19(16)14-8-12-18-10-6-7-11-18/h15-17H,3-14H2,1-2H3. The lowest BCUT2D eigenvalue weighted by atomic mass is 9.96. The summed E-state index contributed by atoms with van der Waals surface area (Å²) >= 11 is 0. The largest absolute Gasteiger partial charge is 0.313 e. The van der Waals surface area contributed by atoms with Crippen molar-refractivity contribution in [2.24, 2.45) is 0 Å². The molecule has 2 saturated heterocycles. The number of hydrogen-bond donors (Lipinski definition) is 1. The molecule has 0 spiro atoms. The van der Waals surface area contributed by atoms with Crippen molar-refractivity contribution in [2.75, 3.05) is 39.3 Å². The predicted molar refractivity (Wildman–Crippen MR) is 82.6 cm³/mol. The van der Waals surface area contributed by atoms with Crippen LogP contribution in [0.25, 0.3) is 0 Å². The predicted octanol–water partition coefficient (Wildman–Crippen LogP) is 2.32. The highest BCUT2D eigenvalue weighted by molar-refractivity contribution is 4.85. The zero-order valence-electron chi connectivity index (χ0n) is 13.0. The van der Waals surface area contributed by atoms with E-state index in [0.717, 1.165) is 12.6 Å². The molecule has 0 amide bonds. The zero-order valence-corrected chi connectivity index (χ0v) is 13.0. The van der Waals surface area contributed by atoms with Gasteiger partial charge in [-0.2, -0.15) is 0 Å². The average molecular weight is 267 g/mol. The Hall–Kier alpha value is -0.120. The van der Waals surface area contributed by atoms with Crippen LogP contribution in [-0.4, -0.2) is 61.2 Å². The summed E-state index contributed by atoms with van der Waals surface area (Å²) in [5, 5.41) is 3.62. The van der Waals surface area contributed by atoms with E-state index < -0.39 is 0 Å². The lowest BCUT2D eigenvalue weighted by molar-refractivity contribution is 0.114. The summed E-state index contributed by atoms with van der Waals surface area (Å²) in [5.41, 5.74) is 0. The SMILES string of the molecule is CCNC(C)C1CCCCN1CCCN1CCCC1. The molecule has 2 unspecified atom stereocenters. The summed E-state index contributed by atoms with van der Waals surface area (Å²) in [6.07, 6.45) is 8.41. The topological polar surface area (TPSA) is 18.5 Å². The van der Waals surface area contributed by atoms with Crippen molar-refractivity contribution in [3.63, 3.8) is 0 Å². The van der Waals surface area contributed by atoms with Crippen molar-refractivity contribution in [3.8, 4) is 0 Å². The summed E-state index contributed by atoms with van der Waals surface area (Å²) in [4.78, 5) is 5.40. The van der Waals surface area contributed by atoms with Crippen LogP contribution in [0.3, 0.4) is 0 Å². The van der Waals surface area contributed by atoms with E-state index in [9.17, 15) is 0 Å². The van der Waals surface area contributed by atoms with E-state index in [0.29, 0.717) is 6.04 Å². The first kappa shape index (κ1) is 15.3. The normalized spacial score (nSPS) is 27.8. The van der Waals surface area contributed by atoms with E-state index in [2.05, 4.69) is 29.0 Å². The molecule has 1 N–H and O–H groups in total. The minimum Gasteiger partial charge on any atom is -0.313 e. The minimum atomic E-state index is 0.650. The molecule has 0 bridgehead atoms. The summed E-state index contributed by atoms with van der Waals surface area (Å²) in [6.45, 7) is 12.3. The molecule has 19 heavy (non-hydrogen) atoms. The summed E-state index contributed by atoms with van der Waals surface area (Å²) in [6, 6.07) is 1.42. The number of likely N-dealkylation sites (tertiary alicyclic amines) is 2. The van der Waals surface area contributed by atoms with E-state index in [4.69, 9.17) is 0 Å². The Balaban J connectivity index is 1.71. The van der Waals surface area contributed by atoms with Gasteiger partial charge in [0.05, 0.1) is 0 Å². The van der Waals surface area contributed by atoms with E-state index in [1.165, 1.54) is 71.2 Å². The lowest BCUT2D eigenvalue weighted by Crippen LogP contribution is -2.51. The highest BCUT2D eigenvalue weighted by atomic mass is 15.2. The molecule has 2 rings (SSSR count). The fourth-order valence-corrected chi connectivity index (χ4v) is 3.82. The first-order valence-corrected chi connectivity index (χ1v) is 8.51. The van der Waals surface area contributed by atoms with E-state index in [1.54, 1.807) is 0 Å². The summed E-state index contributed by atoms with van der Waals surface area (Å²) in [5.74, 6) is 0. The van der Waals surface area contributed by atoms with Crippen LogP contribution in [-0.2, 0) is 0 Å². The maximum absolute atomic E-state index is 3.62. The first-order chi connectivity index (χ1) is 9.31. The molecule has 2 aliphatic rings. The van der Waals surface area contributed by atoms with Gasteiger partial charge in [-0.05, 0) is 78.3 Å². The van der Waals surface area contributed by atoms with Crippen LogP contribution in [0.15, 0.2) is 0 Å². The van der Waals surface area contributed by atoms with Gasteiger partial charge in [0.25, 0.3) is 0 Å². The molecular weight excluding hydrogens is 234 g/mol. The number of rotatable bonds is 7. The van der Waals surface area contributed by atoms with Gasteiger partial charge in [-0.15, -0.1) is 0 Å². The van der Waals surface area contributed by atoms with Gasteiger partial charge in [0.1, 0.15) is 0 Å². The van der Waals surface area contributed by atoms with Crippen LogP contribution >= 0.6 is 0 Å². The first-order valence-electron chi connectivity index (χ1n) is 8.51. The van der Waals surface area contributed by atoms with Crippen molar-refractivity contribution in [1.29, 1.82) is 0 Å². The summed E-state index contributed by atoms with van der Waals surface area (Å²) < 4.78 is 0. The third-order valence-corrected chi connectivity index (χ3v) is 4.89. The molecule has 0 aromatic rings. The Kier molecular flexibility index (Phi) is 6.62. The monoisotopic (exact) mass is 267 g/mol. The fourth-order valence-electron chi connectivity index (χ4n) is 3.82. The van der Waals surface area contributed by atoms with Gasteiger partial charge in [0.15, 0.2) is 0 Å². The number of likely N-dealkylation sites (N-methyl/N-ethyl adjacent to an activating group) is 1. The van der Waals surface area contributed by atoms with E-state index in [1.807, 2.05) is 0 Å².